The fourth-order valence-electron chi connectivity index (χ4n) is 1.90. The Morgan fingerprint density at radius 1 is 0.952 bits per heavy atom. The number of ether oxygens (including phenoxy) is 3. The minimum Gasteiger partial charge on any atom is -0.477 e. The molecule has 0 aromatic heterocycles. The molecule has 0 saturated heterocycles. The maximum atomic E-state index is 12.7. The van der Waals surface area contributed by atoms with E-state index < -0.39 is 35.9 Å². The van der Waals surface area contributed by atoms with Gasteiger partial charge < -0.3 is 19.3 Å². The van der Waals surface area contributed by atoms with E-state index in [1.54, 1.807) is 48.5 Å². The number of hydrogen-bond donors (Lipinski definition) is 1. The number of rotatable bonds is 10. The van der Waals surface area contributed by atoms with Crippen LogP contribution in [0.25, 0.3) is 0 Å². The Morgan fingerprint density at radius 2 is 1.38 bits per heavy atom. The Labute approximate surface area is 126 Å². The van der Waals surface area contributed by atoms with Crippen molar-refractivity contribution in [1.29, 1.82) is 0 Å². The van der Waals surface area contributed by atoms with Crippen molar-refractivity contribution in [3.05, 3.63) is 0 Å². The monoisotopic (exact) mass is 304 g/mol. The highest BCUT2D eigenvalue weighted by Gasteiger charge is 2.53. The highest BCUT2D eigenvalue weighted by molar-refractivity contribution is 6.07. The van der Waals surface area contributed by atoms with Gasteiger partial charge >= 0.3 is 11.8 Å². The predicted molar refractivity (Wildman–Crippen MR) is 78.1 cm³/mol. The Kier molecular flexibility index (Phi) is 8.06. The highest BCUT2D eigenvalue weighted by atomic mass is 16.7. The van der Waals surface area contributed by atoms with E-state index in [0.717, 1.165) is 0 Å². The fourth-order valence-corrected chi connectivity index (χ4v) is 1.90. The third-order valence-corrected chi connectivity index (χ3v) is 2.51. The molecule has 1 N–H and O–H groups in total. The van der Waals surface area contributed by atoms with Gasteiger partial charge in [-0.15, -0.1) is 0 Å². The molecule has 21 heavy (non-hydrogen) atoms. The van der Waals surface area contributed by atoms with Gasteiger partial charge in [0, 0.05) is 0 Å². The molecule has 0 spiro atoms. The van der Waals surface area contributed by atoms with Crippen LogP contribution in [0.4, 0.5) is 0 Å². The minimum atomic E-state index is -2.34. The first-order valence-electron chi connectivity index (χ1n) is 7.35. The summed E-state index contributed by atoms with van der Waals surface area (Å²) in [5, 5.41) is 9.54. The third-order valence-electron chi connectivity index (χ3n) is 2.51. The Morgan fingerprint density at radius 3 is 1.62 bits per heavy atom. The second-order valence-electron chi connectivity index (χ2n) is 5.70. The van der Waals surface area contributed by atoms with Crippen LogP contribution < -0.4 is 0 Å². The van der Waals surface area contributed by atoms with Crippen molar-refractivity contribution in [2.75, 3.05) is 0 Å². The molecule has 1 atom stereocenters. The van der Waals surface area contributed by atoms with Gasteiger partial charge in [-0.05, 0) is 48.0 Å². The zero-order valence-corrected chi connectivity index (χ0v) is 14.0. The molecular formula is C15H28O6. The first kappa shape index (κ1) is 20.0. The van der Waals surface area contributed by atoms with Gasteiger partial charge in [-0.25, -0.2) is 4.79 Å². The lowest BCUT2D eigenvalue weighted by Gasteiger charge is -2.34. The van der Waals surface area contributed by atoms with Crippen LogP contribution in [-0.2, 0) is 23.8 Å². The summed E-state index contributed by atoms with van der Waals surface area (Å²) in [6, 6.07) is 0. The largest absolute Gasteiger partial charge is 0.477 e. The number of carbonyl (C=O) groups is 2. The van der Waals surface area contributed by atoms with Gasteiger partial charge in [0.1, 0.15) is 6.10 Å². The summed E-state index contributed by atoms with van der Waals surface area (Å²) in [7, 11) is 0. The minimum absolute atomic E-state index is 0.205. The van der Waals surface area contributed by atoms with Crippen molar-refractivity contribution in [1.82, 2.24) is 0 Å². The summed E-state index contributed by atoms with van der Waals surface area (Å²) in [6.07, 6.45) is -1.72. The van der Waals surface area contributed by atoms with Crippen LogP contribution in [0.15, 0.2) is 0 Å². The topological polar surface area (TPSA) is 82.1 Å². The molecule has 0 aliphatic heterocycles. The maximum absolute atomic E-state index is 12.7. The number of carboxylic acids is 1. The first-order chi connectivity index (χ1) is 9.56. The molecule has 6 heteroatoms. The van der Waals surface area contributed by atoms with Gasteiger partial charge in [0.05, 0.1) is 18.3 Å². The molecule has 0 bridgehead atoms. The van der Waals surface area contributed by atoms with Crippen molar-refractivity contribution in [3.8, 4) is 0 Å². The molecule has 0 heterocycles. The van der Waals surface area contributed by atoms with Crippen molar-refractivity contribution in [3.63, 3.8) is 0 Å². The Bertz CT molecular complexity index is 338. The van der Waals surface area contributed by atoms with E-state index in [4.69, 9.17) is 14.2 Å². The standard InChI is InChI=1S/C15H28O6/c1-8-12(19-9(2)3)13(16)15(14(17)18,20-10(4)5)21-11(6)7/h9-12H,8H2,1-7H3,(H,17,18). The fraction of sp³-hybridized carbons (Fsp3) is 0.867. The van der Waals surface area contributed by atoms with Gasteiger partial charge in [-0.3, -0.25) is 4.79 Å². The average Bonchev–Trinajstić information content (AvgIpc) is 2.32. The Hall–Kier alpha value is -0.980. The summed E-state index contributed by atoms with van der Waals surface area (Å²) in [5.41, 5.74) is 0. The van der Waals surface area contributed by atoms with E-state index in [2.05, 4.69) is 0 Å². The van der Waals surface area contributed by atoms with E-state index in [0.29, 0.717) is 6.42 Å². The van der Waals surface area contributed by atoms with Gasteiger partial charge in [0.25, 0.3) is 0 Å². The van der Waals surface area contributed by atoms with E-state index >= 15 is 0 Å². The second kappa shape index (κ2) is 8.46. The van der Waals surface area contributed by atoms with E-state index in [-0.39, 0.29) is 6.10 Å². The lowest BCUT2D eigenvalue weighted by atomic mass is 10.0. The van der Waals surface area contributed by atoms with Gasteiger partial charge in [0.2, 0.25) is 5.78 Å². The van der Waals surface area contributed by atoms with Crippen molar-refractivity contribution < 1.29 is 28.9 Å². The molecule has 6 nitrogen and oxygen atoms in total. The normalized spacial score (nSPS) is 14.0. The lowest BCUT2D eigenvalue weighted by Crippen LogP contribution is -2.58. The molecule has 0 rings (SSSR count). The smallest absolute Gasteiger partial charge is 0.373 e. The van der Waals surface area contributed by atoms with Crippen LogP contribution in [0.1, 0.15) is 54.9 Å². The molecule has 0 aliphatic rings. The van der Waals surface area contributed by atoms with Crippen molar-refractivity contribution in [2.24, 2.45) is 0 Å². The quantitative estimate of drug-likeness (QED) is 0.493. The molecule has 0 aliphatic carbocycles. The highest BCUT2D eigenvalue weighted by Crippen LogP contribution is 2.24. The first-order valence-corrected chi connectivity index (χ1v) is 7.35. The van der Waals surface area contributed by atoms with Crippen LogP contribution >= 0.6 is 0 Å². The molecule has 0 amide bonds. The molecule has 124 valence electrons. The zero-order chi connectivity index (χ0) is 16.8. The maximum Gasteiger partial charge on any atom is 0.373 e. The zero-order valence-electron chi connectivity index (χ0n) is 14.0. The summed E-state index contributed by atoms with van der Waals surface area (Å²) < 4.78 is 16.3. The van der Waals surface area contributed by atoms with Gasteiger partial charge in [-0.2, -0.15) is 0 Å². The van der Waals surface area contributed by atoms with Crippen LogP contribution in [-0.4, -0.2) is 47.1 Å². The Balaban J connectivity index is 5.61. The van der Waals surface area contributed by atoms with Crippen LogP contribution in [0.5, 0.6) is 0 Å². The van der Waals surface area contributed by atoms with Crippen molar-refractivity contribution >= 4 is 11.8 Å². The summed E-state index contributed by atoms with van der Waals surface area (Å²) >= 11 is 0. The van der Waals surface area contributed by atoms with E-state index in [1.807, 2.05) is 0 Å². The van der Waals surface area contributed by atoms with Crippen LogP contribution in [0.2, 0.25) is 0 Å². The van der Waals surface area contributed by atoms with E-state index in [9.17, 15) is 14.7 Å². The molecule has 0 aromatic carbocycles. The number of carbonyl (C=O) groups excluding carboxylic acids is 1. The molecule has 0 saturated carbocycles. The van der Waals surface area contributed by atoms with E-state index in [1.165, 1.54) is 0 Å². The summed E-state index contributed by atoms with van der Waals surface area (Å²) in [4.78, 5) is 24.4. The molecular weight excluding hydrogens is 276 g/mol. The average molecular weight is 304 g/mol. The van der Waals surface area contributed by atoms with Crippen LogP contribution in [0.3, 0.4) is 0 Å². The molecule has 0 radical (unpaired) electrons. The molecule has 1 unspecified atom stereocenters. The van der Waals surface area contributed by atoms with Gasteiger partial charge in [0.15, 0.2) is 0 Å². The lowest BCUT2D eigenvalue weighted by molar-refractivity contribution is -0.261. The predicted octanol–water partition coefficient (Wildman–Crippen LogP) is 2.39. The number of ketones is 1. The number of Topliss-reactive ketones (excluding diaryl/α,β-unsaturated/α-hetero) is 1. The third kappa shape index (κ3) is 5.73. The summed E-state index contributed by atoms with van der Waals surface area (Å²) in [6.45, 7) is 11.9. The summed E-state index contributed by atoms with van der Waals surface area (Å²) in [5.74, 6) is -4.51. The SMILES string of the molecule is CCC(OC(C)C)C(=O)C(OC(C)C)(OC(C)C)C(=O)O. The number of carboxylic acid groups (broad SMARTS) is 1. The molecule has 0 fully saturated rings. The molecule has 0 aromatic rings. The van der Waals surface area contributed by atoms with Crippen LogP contribution in [0, 0.1) is 0 Å². The van der Waals surface area contributed by atoms with Crippen molar-refractivity contribution in [2.45, 2.75) is 85.1 Å². The van der Waals surface area contributed by atoms with Gasteiger partial charge in [-0.1, -0.05) is 6.92 Å². The number of hydrogen-bond acceptors (Lipinski definition) is 5. The number of aliphatic carboxylic acids is 1. The second-order valence-corrected chi connectivity index (χ2v) is 5.70.